The molecule has 5 atom stereocenters. The van der Waals surface area contributed by atoms with Crippen LogP contribution in [0, 0.1) is 29.1 Å². The van der Waals surface area contributed by atoms with Gasteiger partial charge in [-0.3, -0.25) is 0 Å². The van der Waals surface area contributed by atoms with E-state index in [1.54, 1.807) is 0 Å². The first-order chi connectivity index (χ1) is 7.45. The number of hydrogen-bond donors (Lipinski definition) is 0. The van der Waals surface area contributed by atoms with Crippen molar-refractivity contribution in [3.05, 3.63) is 0 Å². The van der Waals surface area contributed by atoms with Crippen molar-refractivity contribution >= 4 is 0 Å². The highest BCUT2D eigenvalue weighted by molar-refractivity contribution is 5.01. The molecule has 0 amide bonds. The Morgan fingerprint density at radius 3 is 2.19 bits per heavy atom. The van der Waals surface area contributed by atoms with Crippen LogP contribution in [0.5, 0.6) is 0 Å². The molecule has 0 bridgehead atoms. The number of rotatable bonds is 7. The third kappa shape index (κ3) is 3.02. The Morgan fingerprint density at radius 2 is 1.69 bits per heavy atom. The summed E-state index contributed by atoms with van der Waals surface area (Å²) >= 11 is 0. The topological polar surface area (TPSA) is 0 Å². The van der Waals surface area contributed by atoms with Crippen molar-refractivity contribution in [1.29, 1.82) is 0 Å². The molecule has 0 aromatic rings. The average molecular weight is 224 g/mol. The lowest BCUT2D eigenvalue weighted by Crippen LogP contribution is -2.12. The zero-order chi connectivity index (χ0) is 12.3. The standard InChI is InChI=1S/C16H32/c1-7-12(3)13(4)9-10-15-11-16(15,6)14(5)8-2/h12-15H,7-11H2,1-6H3. The molecule has 5 unspecified atom stereocenters. The molecule has 0 radical (unpaired) electrons. The maximum Gasteiger partial charge on any atom is -0.0269 e. The fourth-order valence-corrected chi connectivity index (χ4v) is 3.12. The van der Waals surface area contributed by atoms with Crippen molar-refractivity contribution in [3.63, 3.8) is 0 Å². The fourth-order valence-electron chi connectivity index (χ4n) is 3.12. The molecule has 1 aliphatic carbocycles. The number of hydrogen-bond acceptors (Lipinski definition) is 0. The van der Waals surface area contributed by atoms with E-state index in [1.807, 2.05) is 0 Å². The monoisotopic (exact) mass is 224 g/mol. The average Bonchev–Trinajstić information content (AvgIpc) is 2.96. The van der Waals surface area contributed by atoms with Crippen molar-refractivity contribution in [1.82, 2.24) is 0 Å². The summed E-state index contributed by atoms with van der Waals surface area (Å²) in [7, 11) is 0. The molecule has 96 valence electrons. The Labute approximate surface area is 103 Å². The van der Waals surface area contributed by atoms with Gasteiger partial charge in [0.1, 0.15) is 0 Å². The van der Waals surface area contributed by atoms with E-state index in [1.165, 1.54) is 32.1 Å². The minimum atomic E-state index is 0.698. The van der Waals surface area contributed by atoms with Crippen molar-refractivity contribution in [2.75, 3.05) is 0 Å². The largest absolute Gasteiger partial charge is 0.0651 e. The van der Waals surface area contributed by atoms with Gasteiger partial charge in [0.15, 0.2) is 0 Å². The molecule has 0 heteroatoms. The Hall–Kier alpha value is 0. The highest BCUT2D eigenvalue weighted by Gasteiger charge is 2.51. The van der Waals surface area contributed by atoms with Gasteiger partial charge in [-0.05, 0) is 41.9 Å². The van der Waals surface area contributed by atoms with Crippen LogP contribution in [0.25, 0.3) is 0 Å². The predicted octanol–water partition coefficient (Wildman–Crippen LogP) is 5.52. The van der Waals surface area contributed by atoms with Crippen molar-refractivity contribution < 1.29 is 0 Å². The van der Waals surface area contributed by atoms with E-state index >= 15 is 0 Å². The van der Waals surface area contributed by atoms with Crippen LogP contribution in [0.15, 0.2) is 0 Å². The van der Waals surface area contributed by atoms with Crippen LogP contribution in [-0.4, -0.2) is 0 Å². The summed E-state index contributed by atoms with van der Waals surface area (Å²) in [6, 6.07) is 0. The Kier molecular flexibility index (Phi) is 4.88. The van der Waals surface area contributed by atoms with Crippen LogP contribution in [0.1, 0.15) is 73.6 Å². The van der Waals surface area contributed by atoms with E-state index in [0.717, 1.165) is 23.7 Å². The smallest absolute Gasteiger partial charge is 0.0269 e. The predicted molar refractivity (Wildman–Crippen MR) is 73.5 cm³/mol. The van der Waals surface area contributed by atoms with Gasteiger partial charge in [-0.15, -0.1) is 0 Å². The highest BCUT2D eigenvalue weighted by Crippen LogP contribution is 2.60. The van der Waals surface area contributed by atoms with Gasteiger partial charge in [0.2, 0.25) is 0 Å². The molecule has 16 heavy (non-hydrogen) atoms. The van der Waals surface area contributed by atoms with Crippen LogP contribution in [-0.2, 0) is 0 Å². The third-order valence-electron chi connectivity index (χ3n) is 5.78. The molecule has 0 spiro atoms. The molecule has 1 saturated carbocycles. The summed E-state index contributed by atoms with van der Waals surface area (Å²) in [6.45, 7) is 14.5. The van der Waals surface area contributed by atoms with E-state index in [0.29, 0.717) is 5.41 Å². The van der Waals surface area contributed by atoms with Gasteiger partial charge in [0.05, 0.1) is 0 Å². The first-order valence-electron chi connectivity index (χ1n) is 7.45. The van der Waals surface area contributed by atoms with Gasteiger partial charge < -0.3 is 0 Å². The van der Waals surface area contributed by atoms with Gasteiger partial charge in [-0.2, -0.15) is 0 Å². The quantitative estimate of drug-likeness (QED) is 0.534. The summed E-state index contributed by atoms with van der Waals surface area (Å²) in [6.07, 6.45) is 7.12. The Bertz CT molecular complexity index is 208. The first kappa shape index (κ1) is 14.1. The van der Waals surface area contributed by atoms with E-state index in [4.69, 9.17) is 0 Å². The Balaban J connectivity index is 2.27. The van der Waals surface area contributed by atoms with Gasteiger partial charge in [0, 0.05) is 0 Å². The minimum Gasteiger partial charge on any atom is -0.0651 e. The van der Waals surface area contributed by atoms with Crippen LogP contribution in [0.4, 0.5) is 0 Å². The third-order valence-corrected chi connectivity index (χ3v) is 5.78. The van der Waals surface area contributed by atoms with E-state index < -0.39 is 0 Å². The maximum atomic E-state index is 2.51. The van der Waals surface area contributed by atoms with Crippen LogP contribution in [0.3, 0.4) is 0 Å². The second-order valence-electron chi connectivity index (χ2n) is 6.66. The zero-order valence-corrected chi connectivity index (χ0v) is 12.3. The molecule has 1 rings (SSSR count). The lowest BCUT2D eigenvalue weighted by atomic mass is 9.84. The summed E-state index contributed by atoms with van der Waals surface area (Å²) in [4.78, 5) is 0. The molecule has 0 N–H and O–H groups in total. The molecule has 0 saturated heterocycles. The SMILES string of the molecule is CCC(C)C(C)CCC1CC1(C)C(C)CC. The van der Waals surface area contributed by atoms with Gasteiger partial charge in [-0.25, -0.2) is 0 Å². The Morgan fingerprint density at radius 1 is 1.06 bits per heavy atom. The summed E-state index contributed by atoms with van der Waals surface area (Å²) in [5, 5.41) is 0. The summed E-state index contributed by atoms with van der Waals surface area (Å²) in [5.74, 6) is 3.80. The molecule has 1 fully saturated rings. The minimum absolute atomic E-state index is 0.698. The van der Waals surface area contributed by atoms with Crippen molar-refractivity contribution in [2.45, 2.75) is 73.6 Å². The van der Waals surface area contributed by atoms with E-state index in [2.05, 4.69) is 41.5 Å². The molecule has 0 aromatic heterocycles. The van der Waals surface area contributed by atoms with Gasteiger partial charge in [0.25, 0.3) is 0 Å². The van der Waals surface area contributed by atoms with Gasteiger partial charge in [-0.1, -0.05) is 60.8 Å². The van der Waals surface area contributed by atoms with E-state index in [9.17, 15) is 0 Å². The fraction of sp³-hybridized carbons (Fsp3) is 1.00. The van der Waals surface area contributed by atoms with Crippen LogP contribution < -0.4 is 0 Å². The maximum absolute atomic E-state index is 2.51. The second-order valence-corrected chi connectivity index (χ2v) is 6.66. The van der Waals surface area contributed by atoms with Gasteiger partial charge >= 0.3 is 0 Å². The summed E-state index contributed by atoms with van der Waals surface area (Å²) in [5.41, 5.74) is 0.698. The molecule has 0 aliphatic heterocycles. The van der Waals surface area contributed by atoms with E-state index in [-0.39, 0.29) is 0 Å². The molecule has 0 nitrogen and oxygen atoms in total. The lowest BCUT2D eigenvalue weighted by Gasteiger charge is -2.21. The summed E-state index contributed by atoms with van der Waals surface area (Å²) < 4.78 is 0. The van der Waals surface area contributed by atoms with Crippen LogP contribution >= 0.6 is 0 Å². The lowest BCUT2D eigenvalue weighted by molar-refractivity contribution is 0.289. The molecule has 0 heterocycles. The molecular formula is C16H32. The van der Waals surface area contributed by atoms with Crippen molar-refractivity contribution in [2.24, 2.45) is 29.1 Å². The molecule has 1 aliphatic rings. The normalized spacial score (nSPS) is 34.5. The van der Waals surface area contributed by atoms with Crippen LogP contribution in [0.2, 0.25) is 0 Å². The molecule has 0 aromatic carbocycles. The second kappa shape index (κ2) is 5.56. The zero-order valence-electron chi connectivity index (χ0n) is 12.3. The molecular weight excluding hydrogens is 192 g/mol. The highest BCUT2D eigenvalue weighted by atomic mass is 14.6. The van der Waals surface area contributed by atoms with Crippen molar-refractivity contribution in [3.8, 4) is 0 Å². The first-order valence-corrected chi connectivity index (χ1v) is 7.45.